The molecule has 4 rings (SSSR count). The molecule has 2 heterocycles. The van der Waals surface area contributed by atoms with E-state index >= 15 is 0 Å². The molecular formula is C24H29N3O5S. The molecule has 2 aromatic carbocycles. The Hall–Kier alpha value is -2.91. The summed E-state index contributed by atoms with van der Waals surface area (Å²) in [4.78, 5) is 4.88. The molecule has 0 amide bonds. The molecular weight excluding hydrogens is 442 g/mol. The minimum Gasteiger partial charge on any atom is -0.493 e. The second-order valence-corrected chi connectivity index (χ2v) is 10.4. The number of piperidine rings is 1. The Bertz CT molecular complexity index is 1210. The first-order chi connectivity index (χ1) is 15.8. The van der Waals surface area contributed by atoms with E-state index < -0.39 is 10.0 Å². The third-order valence-corrected chi connectivity index (χ3v) is 7.88. The lowest BCUT2D eigenvalue weighted by molar-refractivity contribution is 0.265. The molecule has 0 spiro atoms. The van der Waals surface area contributed by atoms with Gasteiger partial charge >= 0.3 is 0 Å². The molecule has 0 aliphatic carbocycles. The average Bonchev–Trinajstić information content (AvgIpc) is 3.33. The summed E-state index contributed by atoms with van der Waals surface area (Å²) in [5.41, 5.74) is 1.76. The van der Waals surface area contributed by atoms with Gasteiger partial charge in [0.2, 0.25) is 21.7 Å². The van der Waals surface area contributed by atoms with Crippen LogP contribution < -0.4 is 9.47 Å². The smallest absolute Gasteiger partial charge is 0.243 e. The van der Waals surface area contributed by atoms with Crippen LogP contribution in [0.4, 0.5) is 0 Å². The summed E-state index contributed by atoms with van der Waals surface area (Å²) >= 11 is 0. The molecule has 0 unspecified atom stereocenters. The topological polar surface area (TPSA) is 94.8 Å². The lowest BCUT2D eigenvalue weighted by atomic mass is 10.00. The van der Waals surface area contributed by atoms with Crippen molar-refractivity contribution in [1.29, 1.82) is 0 Å². The van der Waals surface area contributed by atoms with E-state index in [1.807, 2.05) is 24.3 Å². The zero-order valence-corrected chi connectivity index (χ0v) is 20.1. The highest BCUT2D eigenvalue weighted by Crippen LogP contribution is 2.37. The standard InChI is InChI=1S/C24H29N3O5S/c1-16(2)17-10-12-19(13-11-17)33(28,29)27-14-6-7-18(15-27)24-25-23(26-32-24)20-8-5-9-21(30-3)22(20)31-4/h5,8-13,16,18H,6-7,14-15H2,1-4H3/t18-/m1/s1. The minimum atomic E-state index is -3.60. The Morgan fingerprint density at radius 1 is 1.09 bits per heavy atom. The Labute approximate surface area is 194 Å². The van der Waals surface area contributed by atoms with Crippen LogP contribution in [0.3, 0.4) is 0 Å². The van der Waals surface area contributed by atoms with Crippen molar-refractivity contribution < 1.29 is 22.4 Å². The maximum atomic E-state index is 13.3. The molecule has 0 bridgehead atoms. The van der Waals surface area contributed by atoms with Crippen molar-refractivity contribution in [3.63, 3.8) is 0 Å². The third kappa shape index (κ3) is 4.60. The molecule has 1 aliphatic heterocycles. The molecule has 8 nitrogen and oxygen atoms in total. The van der Waals surface area contributed by atoms with Gasteiger partial charge in [0.15, 0.2) is 11.5 Å². The number of rotatable bonds is 7. The Morgan fingerprint density at radius 2 is 1.85 bits per heavy atom. The van der Waals surface area contributed by atoms with Gasteiger partial charge in [0, 0.05) is 13.1 Å². The van der Waals surface area contributed by atoms with Crippen molar-refractivity contribution in [2.75, 3.05) is 27.3 Å². The predicted molar refractivity (Wildman–Crippen MR) is 124 cm³/mol. The van der Waals surface area contributed by atoms with Crippen molar-refractivity contribution >= 4 is 10.0 Å². The zero-order chi connectivity index (χ0) is 23.6. The van der Waals surface area contributed by atoms with Gasteiger partial charge in [0.1, 0.15) is 0 Å². The Morgan fingerprint density at radius 3 is 2.52 bits per heavy atom. The van der Waals surface area contributed by atoms with Gasteiger partial charge in [-0.05, 0) is 48.6 Å². The van der Waals surface area contributed by atoms with Gasteiger partial charge in [-0.15, -0.1) is 0 Å². The number of para-hydroxylation sites is 1. The van der Waals surface area contributed by atoms with Crippen molar-refractivity contribution in [1.82, 2.24) is 14.4 Å². The summed E-state index contributed by atoms with van der Waals surface area (Å²) in [7, 11) is -0.482. The largest absolute Gasteiger partial charge is 0.493 e. The summed E-state index contributed by atoms with van der Waals surface area (Å²) in [6, 6.07) is 12.6. The van der Waals surface area contributed by atoms with Gasteiger partial charge in [-0.2, -0.15) is 9.29 Å². The SMILES string of the molecule is COc1cccc(-c2noc([C@@H]3CCCN(S(=O)(=O)c4ccc(C(C)C)cc4)C3)n2)c1OC. The minimum absolute atomic E-state index is 0.179. The van der Waals surface area contributed by atoms with Crippen LogP contribution in [0.5, 0.6) is 11.5 Å². The summed E-state index contributed by atoms with van der Waals surface area (Å²) in [6.07, 6.45) is 1.49. The number of ether oxygens (including phenoxy) is 2. The van der Waals surface area contributed by atoms with Crippen LogP contribution in [-0.2, 0) is 10.0 Å². The van der Waals surface area contributed by atoms with Gasteiger partial charge in [-0.1, -0.05) is 37.2 Å². The number of sulfonamides is 1. The van der Waals surface area contributed by atoms with E-state index in [1.165, 1.54) is 4.31 Å². The van der Waals surface area contributed by atoms with E-state index in [0.717, 1.165) is 12.0 Å². The maximum absolute atomic E-state index is 13.3. The molecule has 0 radical (unpaired) electrons. The van der Waals surface area contributed by atoms with Crippen LogP contribution in [0.15, 0.2) is 51.9 Å². The van der Waals surface area contributed by atoms with Gasteiger partial charge in [-0.25, -0.2) is 8.42 Å². The normalized spacial score (nSPS) is 17.3. The van der Waals surface area contributed by atoms with E-state index in [1.54, 1.807) is 32.4 Å². The summed E-state index contributed by atoms with van der Waals surface area (Å²) in [6.45, 7) is 4.93. The molecule has 3 aromatic rings. The summed E-state index contributed by atoms with van der Waals surface area (Å²) in [5, 5.41) is 4.13. The van der Waals surface area contributed by atoms with Crippen molar-refractivity contribution in [2.24, 2.45) is 0 Å². The number of aromatic nitrogens is 2. The molecule has 1 aromatic heterocycles. The lowest BCUT2D eigenvalue weighted by Crippen LogP contribution is -2.39. The van der Waals surface area contributed by atoms with E-state index in [9.17, 15) is 8.42 Å². The fraction of sp³-hybridized carbons (Fsp3) is 0.417. The summed E-state index contributed by atoms with van der Waals surface area (Å²) < 4.78 is 44.4. The zero-order valence-electron chi connectivity index (χ0n) is 19.3. The molecule has 33 heavy (non-hydrogen) atoms. The number of methoxy groups -OCH3 is 2. The van der Waals surface area contributed by atoms with Gasteiger partial charge in [0.25, 0.3) is 0 Å². The highest BCUT2D eigenvalue weighted by Gasteiger charge is 2.33. The number of hydrogen-bond donors (Lipinski definition) is 0. The second kappa shape index (κ2) is 9.52. The predicted octanol–water partition coefficient (Wildman–Crippen LogP) is 4.45. The van der Waals surface area contributed by atoms with Crippen molar-refractivity contribution in [3.05, 3.63) is 53.9 Å². The Kier molecular flexibility index (Phi) is 6.71. The second-order valence-electron chi connectivity index (χ2n) is 8.42. The van der Waals surface area contributed by atoms with Gasteiger partial charge in [-0.3, -0.25) is 0 Å². The van der Waals surface area contributed by atoms with Gasteiger partial charge in [0.05, 0.1) is 30.6 Å². The highest BCUT2D eigenvalue weighted by atomic mass is 32.2. The van der Waals surface area contributed by atoms with Crippen LogP contribution in [0.25, 0.3) is 11.4 Å². The quantitative estimate of drug-likeness (QED) is 0.502. The van der Waals surface area contributed by atoms with Crippen LogP contribution >= 0.6 is 0 Å². The van der Waals surface area contributed by atoms with Crippen LogP contribution in [0.1, 0.15) is 50.0 Å². The molecule has 1 aliphatic rings. The molecule has 1 saturated heterocycles. The monoisotopic (exact) mass is 471 g/mol. The molecule has 0 N–H and O–H groups in total. The number of nitrogens with zero attached hydrogens (tertiary/aromatic N) is 3. The van der Waals surface area contributed by atoms with E-state index in [2.05, 4.69) is 24.0 Å². The van der Waals surface area contributed by atoms with E-state index in [4.69, 9.17) is 14.0 Å². The van der Waals surface area contributed by atoms with Crippen molar-refractivity contribution in [3.8, 4) is 22.9 Å². The van der Waals surface area contributed by atoms with Crippen LogP contribution in [-0.4, -0.2) is 50.2 Å². The molecule has 9 heteroatoms. The lowest BCUT2D eigenvalue weighted by Gasteiger charge is -2.30. The van der Waals surface area contributed by atoms with Crippen LogP contribution in [0, 0.1) is 0 Å². The first kappa shape index (κ1) is 23.3. The molecule has 1 atom stereocenters. The van der Waals surface area contributed by atoms with E-state index in [0.29, 0.717) is 59.1 Å². The molecule has 1 fully saturated rings. The first-order valence-corrected chi connectivity index (χ1v) is 12.4. The van der Waals surface area contributed by atoms with Crippen LogP contribution in [0.2, 0.25) is 0 Å². The average molecular weight is 472 g/mol. The Balaban J connectivity index is 1.56. The fourth-order valence-electron chi connectivity index (χ4n) is 4.11. The highest BCUT2D eigenvalue weighted by molar-refractivity contribution is 7.89. The third-order valence-electron chi connectivity index (χ3n) is 6.00. The van der Waals surface area contributed by atoms with Gasteiger partial charge < -0.3 is 14.0 Å². The number of benzene rings is 2. The van der Waals surface area contributed by atoms with E-state index in [-0.39, 0.29) is 5.92 Å². The van der Waals surface area contributed by atoms with Crippen molar-refractivity contribution in [2.45, 2.75) is 43.4 Å². The summed E-state index contributed by atoms with van der Waals surface area (Å²) in [5.74, 6) is 2.05. The molecule has 0 saturated carbocycles. The molecule has 176 valence electrons. The number of hydrogen-bond acceptors (Lipinski definition) is 7. The maximum Gasteiger partial charge on any atom is 0.243 e. The fourth-order valence-corrected chi connectivity index (χ4v) is 5.63. The first-order valence-electron chi connectivity index (χ1n) is 11.0.